The first-order valence-electron chi connectivity index (χ1n) is 6.34. The van der Waals surface area contributed by atoms with Crippen LogP contribution >= 0.6 is 27.3 Å². The van der Waals surface area contributed by atoms with Gasteiger partial charge in [0.05, 0.1) is 10.2 Å². The molecule has 3 rings (SSSR count). The molecule has 2 amide bonds. The number of anilines is 1. The first-order valence-corrected chi connectivity index (χ1v) is 7.95. The smallest absolute Gasteiger partial charge is 0.321 e. The molecule has 100 valence electrons. The minimum atomic E-state index is -0.148. The molecular weight excluding hydrogens is 326 g/mol. The number of hydrogen-bond acceptors (Lipinski definition) is 3. The van der Waals surface area contributed by atoms with E-state index >= 15 is 0 Å². The van der Waals surface area contributed by atoms with Gasteiger partial charge in [-0.15, -0.1) is 0 Å². The number of fused-ring (bicyclic) bond motifs is 1. The molecule has 6 heteroatoms. The molecule has 0 radical (unpaired) electrons. The zero-order chi connectivity index (χ0) is 13.2. The minimum Gasteiger partial charge on any atom is -0.335 e. The van der Waals surface area contributed by atoms with Crippen molar-refractivity contribution >= 4 is 48.6 Å². The van der Waals surface area contributed by atoms with Crippen molar-refractivity contribution in [1.82, 2.24) is 10.3 Å². The van der Waals surface area contributed by atoms with Gasteiger partial charge in [0, 0.05) is 10.5 Å². The lowest BCUT2D eigenvalue weighted by atomic mass is 10.3. The van der Waals surface area contributed by atoms with Gasteiger partial charge in [0.25, 0.3) is 0 Å². The summed E-state index contributed by atoms with van der Waals surface area (Å²) in [5, 5.41) is 6.45. The highest BCUT2D eigenvalue weighted by Gasteiger charge is 2.17. The number of carbonyl (C=O) groups is 1. The van der Waals surface area contributed by atoms with Gasteiger partial charge in [0.2, 0.25) is 0 Å². The van der Waals surface area contributed by atoms with E-state index in [0.29, 0.717) is 11.2 Å². The summed E-state index contributed by atoms with van der Waals surface area (Å²) < 4.78 is 2.08. The third-order valence-corrected chi connectivity index (χ3v) is 4.69. The van der Waals surface area contributed by atoms with E-state index in [-0.39, 0.29) is 6.03 Å². The molecule has 1 heterocycles. The molecule has 1 saturated carbocycles. The predicted molar refractivity (Wildman–Crippen MR) is 81.7 cm³/mol. The van der Waals surface area contributed by atoms with E-state index in [1.807, 2.05) is 18.2 Å². The van der Waals surface area contributed by atoms with E-state index in [1.165, 1.54) is 24.2 Å². The molecule has 1 aliphatic rings. The first kappa shape index (κ1) is 12.9. The minimum absolute atomic E-state index is 0.148. The van der Waals surface area contributed by atoms with Crippen LogP contribution < -0.4 is 10.6 Å². The highest BCUT2D eigenvalue weighted by atomic mass is 79.9. The van der Waals surface area contributed by atoms with Crippen LogP contribution in [0.1, 0.15) is 25.7 Å². The van der Waals surface area contributed by atoms with Crippen molar-refractivity contribution in [2.45, 2.75) is 31.7 Å². The zero-order valence-electron chi connectivity index (χ0n) is 10.3. The number of thiazole rings is 1. The molecule has 2 N–H and O–H groups in total. The highest BCUT2D eigenvalue weighted by Crippen LogP contribution is 2.28. The number of urea groups is 1. The van der Waals surface area contributed by atoms with Crippen LogP contribution in [0.4, 0.5) is 9.93 Å². The summed E-state index contributed by atoms with van der Waals surface area (Å²) in [6.07, 6.45) is 4.58. The maximum absolute atomic E-state index is 11.8. The maximum Gasteiger partial charge on any atom is 0.321 e. The van der Waals surface area contributed by atoms with Gasteiger partial charge >= 0.3 is 6.03 Å². The second-order valence-electron chi connectivity index (χ2n) is 4.71. The van der Waals surface area contributed by atoms with Gasteiger partial charge in [0.15, 0.2) is 5.13 Å². The van der Waals surface area contributed by atoms with Gasteiger partial charge in [-0.05, 0) is 31.0 Å². The van der Waals surface area contributed by atoms with Crippen LogP contribution in [-0.4, -0.2) is 17.1 Å². The number of rotatable bonds is 2. The molecule has 0 spiro atoms. The second-order valence-corrected chi connectivity index (χ2v) is 6.66. The van der Waals surface area contributed by atoms with E-state index in [2.05, 4.69) is 31.5 Å². The van der Waals surface area contributed by atoms with Crippen LogP contribution in [0, 0.1) is 0 Å². The van der Waals surface area contributed by atoms with Crippen molar-refractivity contribution in [3.63, 3.8) is 0 Å². The van der Waals surface area contributed by atoms with Crippen LogP contribution in [0.3, 0.4) is 0 Å². The SMILES string of the molecule is O=C(Nc1nc2ccc(Br)cc2s1)NC1CCCC1. The summed E-state index contributed by atoms with van der Waals surface area (Å²) >= 11 is 4.91. The summed E-state index contributed by atoms with van der Waals surface area (Å²) in [6, 6.07) is 6.07. The molecule has 0 atom stereocenters. The summed E-state index contributed by atoms with van der Waals surface area (Å²) in [5.74, 6) is 0. The van der Waals surface area contributed by atoms with Crippen molar-refractivity contribution in [2.24, 2.45) is 0 Å². The largest absolute Gasteiger partial charge is 0.335 e. The second kappa shape index (κ2) is 5.46. The Morgan fingerprint density at radius 1 is 1.37 bits per heavy atom. The zero-order valence-corrected chi connectivity index (χ0v) is 12.7. The summed E-state index contributed by atoms with van der Waals surface area (Å²) in [4.78, 5) is 16.2. The number of nitrogens with one attached hydrogen (secondary N) is 2. The number of halogens is 1. The van der Waals surface area contributed by atoms with Crippen LogP contribution in [0.15, 0.2) is 22.7 Å². The van der Waals surface area contributed by atoms with Crippen LogP contribution in [0.2, 0.25) is 0 Å². The average molecular weight is 340 g/mol. The van der Waals surface area contributed by atoms with Crippen molar-refractivity contribution in [1.29, 1.82) is 0 Å². The van der Waals surface area contributed by atoms with Crippen molar-refractivity contribution < 1.29 is 4.79 Å². The Hall–Kier alpha value is -1.14. The fraction of sp³-hybridized carbons (Fsp3) is 0.385. The summed E-state index contributed by atoms with van der Waals surface area (Å²) in [7, 11) is 0. The van der Waals surface area contributed by atoms with Gasteiger partial charge < -0.3 is 5.32 Å². The molecule has 0 saturated heterocycles. The van der Waals surface area contributed by atoms with Crippen LogP contribution in [0.25, 0.3) is 10.2 Å². The van der Waals surface area contributed by atoms with E-state index in [1.54, 1.807) is 0 Å². The molecule has 0 bridgehead atoms. The monoisotopic (exact) mass is 339 g/mol. The van der Waals surface area contributed by atoms with Crippen LogP contribution in [-0.2, 0) is 0 Å². The predicted octanol–water partition coefficient (Wildman–Crippen LogP) is 4.12. The molecular formula is C13H14BrN3OS. The highest BCUT2D eigenvalue weighted by molar-refractivity contribution is 9.10. The number of amides is 2. The third-order valence-electron chi connectivity index (χ3n) is 3.26. The molecule has 4 nitrogen and oxygen atoms in total. The van der Waals surface area contributed by atoms with Crippen molar-refractivity contribution in [2.75, 3.05) is 5.32 Å². The topological polar surface area (TPSA) is 54.0 Å². The van der Waals surface area contributed by atoms with Gasteiger partial charge in [-0.3, -0.25) is 5.32 Å². The number of aromatic nitrogens is 1. The molecule has 1 aromatic heterocycles. The standard InChI is InChI=1S/C13H14BrN3OS/c14-8-5-6-10-11(7-8)19-13(16-10)17-12(18)15-9-3-1-2-4-9/h5-7,9H,1-4H2,(H2,15,16,17,18). The number of hydrogen-bond donors (Lipinski definition) is 2. The fourth-order valence-electron chi connectivity index (χ4n) is 2.34. The van der Waals surface area contributed by atoms with Crippen molar-refractivity contribution in [3.8, 4) is 0 Å². The van der Waals surface area contributed by atoms with E-state index in [9.17, 15) is 4.79 Å². The Kier molecular flexibility index (Phi) is 3.70. The Morgan fingerprint density at radius 2 is 2.16 bits per heavy atom. The summed E-state index contributed by atoms with van der Waals surface area (Å²) in [6.45, 7) is 0. The third kappa shape index (κ3) is 3.06. The lowest BCUT2D eigenvalue weighted by molar-refractivity contribution is 0.248. The van der Waals surface area contributed by atoms with E-state index in [0.717, 1.165) is 27.5 Å². The molecule has 1 aromatic carbocycles. The summed E-state index contributed by atoms with van der Waals surface area (Å²) in [5.41, 5.74) is 0.907. The lowest BCUT2D eigenvalue weighted by Crippen LogP contribution is -2.36. The molecule has 19 heavy (non-hydrogen) atoms. The van der Waals surface area contributed by atoms with Gasteiger partial charge in [0.1, 0.15) is 0 Å². The molecule has 2 aromatic rings. The Morgan fingerprint density at radius 3 is 2.95 bits per heavy atom. The van der Waals surface area contributed by atoms with E-state index < -0.39 is 0 Å². The fourth-order valence-corrected chi connectivity index (χ4v) is 3.75. The Labute approximate surface area is 123 Å². The number of carbonyl (C=O) groups excluding carboxylic acids is 1. The lowest BCUT2D eigenvalue weighted by Gasteiger charge is -2.11. The maximum atomic E-state index is 11.8. The molecule has 0 unspecified atom stereocenters. The molecule has 1 fully saturated rings. The number of nitrogens with zero attached hydrogens (tertiary/aromatic N) is 1. The van der Waals surface area contributed by atoms with Gasteiger partial charge in [-0.25, -0.2) is 9.78 Å². The Bertz CT molecular complexity index is 607. The quantitative estimate of drug-likeness (QED) is 0.864. The van der Waals surface area contributed by atoms with Gasteiger partial charge in [-0.1, -0.05) is 40.1 Å². The first-order chi connectivity index (χ1) is 9.20. The Balaban J connectivity index is 1.68. The molecule has 0 aliphatic heterocycles. The molecule has 1 aliphatic carbocycles. The van der Waals surface area contributed by atoms with E-state index in [4.69, 9.17) is 0 Å². The van der Waals surface area contributed by atoms with Gasteiger partial charge in [-0.2, -0.15) is 0 Å². The van der Waals surface area contributed by atoms with Crippen molar-refractivity contribution in [3.05, 3.63) is 22.7 Å². The number of benzene rings is 1. The van der Waals surface area contributed by atoms with Crippen LogP contribution in [0.5, 0.6) is 0 Å². The normalized spacial score (nSPS) is 15.8. The average Bonchev–Trinajstić information content (AvgIpc) is 2.97.